The Kier molecular flexibility index (Phi) is 5.20. The maximum Gasteiger partial charge on any atom is 0.256 e. The van der Waals surface area contributed by atoms with Gasteiger partial charge in [-0.3, -0.25) is 9.59 Å². The van der Waals surface area contributed by atoms with Crippen LogP contribution in [0.3, 0.4) is 0 Å². The van der Waals surface area contributed by atoms with Gasteiger partial charge in [0.2, 0.25) is 5.91 Å². The third-order valence-electron chi connectivity index (χ3n) is 4.74. The lowest BCUT2D eigenvalue weighted by Gasteiger charge is -2.31. The zero-order chi connectivity index (χ0) is 16.2. The summed E-state index contributed by atoms with van der Waals surface area (Å²) in [4.78, 5) is 33.3. The Morgan fingerprint density at radius 2 is 1.87 bits per heavy atom. The van der Waals surface area contributed by atoms with Crippen molar-refractivity contribution in [3.05, 3.63) is 23.9 Å². The molecule has 124 valence electrons. The summed E-state index contributed by atoms with van der Waals surface area (Å²) in [6, 6.07) is 3.64. The van der Waals surface area contributed by atoms with Gasteiger partial charge in [0.1, 0.15) is 5.03 Å². The average Bonchev–Trinajstić information content (AvgIpc) is 2.78. The minimum atomic E-state index is 0.0281. The Balaban J connectivity index is 1.65. The third kappa shape index (κ3) is 3.52. The van der Waals surface area contributed by atoms with Crippen LogP contribution in [0.15, 0.2) is 23.4 Å². The van der Waals surface area contributed by atoms with Crippen LogP contribution >= 0.6 is 11.8 Å². The van der Waals surface area contributed by atoms with Crippen molar-refractivity contribution in [1.82, 2.24) is 14.8 Å². The van der Waals surface area contributed by atoms with Crippen LogP contribution in [0.1, 0.15) is 36.0 Å². The quantitative estimate of drug-likeness (QED) is 0.797. The minimum absolute atomic E-state index is 0.0281. The Hall–Kier alpha value is -1.56. The number of amides is 2. The van der Waals surface area contributed by atoms with E-state index in [0.717, 1.165) is 30.8 Å². The van der Waals surface area contributed by atoms with Gasteiger partial charge in [-0.2, -0.15) is 0 Å². The van der Waals surface area contributed by atoms with E-state index in [4.69, 9.17) is 0 Å². The standard InChI is InChI=1S/C17H23N3O2S/c1-23-15-14(7-3-8-18-15)17(22)20-10-4-9-19(11-12-20)16(21)13-5-2-6-13/h3,7-8,13H,2,4-6,9-12H2,1H3. The lowest BCUT2D eigenvalue weighted by atomic mass is 9.84. The molecule has 2 aliphatic rings. The molecule has 0 bridgehead atoms. The number of pyridine rings is 1. The van der Waals surface area contributed by atoms with Gasteiger partial charge in [0.15, 0.2) is 0 Å². The van der Waals surface area contributed by atoms with Gasteiger partial charge in [-0.05, 0) is 37.7 Å². The van der Waals surface area contributed by atoms with E-state index in [-0.39, 0.29) is 17.7 Å². The lowest BCUT2D eigenvalue weighted by Crippen LogP contribution is -2.41. The number of rotatable bonds is 3. The van der Waals surface area contributed by atoms with Gasteiger partial charge >= 0.3 is 0 Å². The molecule has 2 heterocycles. The maximum absolute atomic E-state index is 12.8. The first-order valence-corrected chi connectivity index (χ1v) is 9.50. The Bertz CT molecular complexity index is 589. The molecule has 3 rings (SSSR count). The molecular weight excluding hydrogens is 310 g/mol. The predicted molar refractivity (Wildman–Crippen MR) is 90.5 cm³/mol. The fourth-order valence-corrected chi connectivity index (χ4v) is 3.68. The van der Waals surface area contributed by atoms with Crippen molar-refractivity contribution in [3.63, 3.8) is 0 Å². The van der Waals surface area contributed by atoms with Gasteiger partial charge in [0.25, 0.3) is 5.91 Å². The van der Waals surface area contributed by atoms with Crippen molar-refractivity contribution in [2.75, 3.05) is 32.4 Å². The number of aromatic nitrogens is 1. The summed E-state index contributed by atoms with van der Waals surface area (Å²) in [6.45, 7) is 2.73. The van der Waals surface area contributed by atoms with Gasteiger partial charge in [0.05, 0.1) is 5.56 Å². The van der Waals surface area contributed by atoms with Crippen LogP contribution in [0, 0.1) is 5.92 Å². The second-order valence-electron chi connectivity index (χ2n) is 6.16. The summed E-state index contributed by atoms with van der Waals surface area (Å²) in [6.07, 6.45) is 7.73. The topological polar surface area (TPSA) is 53.5 Å². The molecule has 23 heavy (non-hydrogen) atoms. The number of nitrogens with zero attached hydrogens (tertiary/aromatic N) is 3. The third-order valence-corrected chi connectivity index (χ3v) is 5.46. The Labute approximate surface area is 141 Å². The highest BCUT2D eigenvalue weighted by Crippen LogP contribution is 2.28. The Morgan fingerprint density at radius 3 is 2.57 bits per heavy atom. The molecule has 0 spiro atoms. The molecule has 1 aromatic heterocycles. The molecule has 1 saturated carbocycles. The molecule has 0 atom stereocenters. The van der Waals surface area contributed by atoms with Crippen LogP contribution in [-0.4, -0.2) is 59.0 Å². The fourth-order valence-electron chi connectivity index (χ4n) is 3.14. The second kappa shape index (κ2) is 7.34. The van der Waals surface area contributed by atoms with E-state index >= 15 is 0 Å². The van der Waals surface area contributed by atoms with E-state index in [9.17, 15) is 9.59 Å². The average molecular weight is 333 g/mol. The molecule has 1 aliphatic heterocycles. The molecule has 1 saturated heterocycles. The summed E-state index contributed by atoms with van der Waals surface area (Å²) in [5, 5.41) is 0.768. The van der Waals surface area contributed by atoms with E-state index in [1.807, 2.05) is 22.1 Å². The van der Waals surface area contributed by atoms with Crippen LogP contribution < -0.4 is 0 Å². The van der Waals surface area contributed by atoms with E-state index in [2.05, 4.69) is 4.98 Å². The number of thioether (sulfide) groups is 1. The van der Waals surface area contributed by atoms with Gasteiger partial charge in [-0.25, -0.2) is 4.98 Å². The largest absolute Gasteiger partial charge is 0.341 e. The van der Waals surface area contributed by atoms with Gasteiger partial charge < -0.3 is 9.80 Å². The van der Waals surface area contributed by atoms with E-state index in [0.29, 0.717) is 25.2 Å². The van der Waals surface area contributed by atoms with Crippen molar-refractivity contribution in [2.24, 2.45) is 5.92 Å². The normalized spacial score (nSPS) is 19.2. The van der Waals surface area contributed by atoms with Crippen molar-refractivity contribution < 1.29 is 9.59 Å². The number of carbonyl (C=O) groups excluding carboxylic acids is 2. The number of hydrogen-bond acceptors (Lipinski definition) is 4. The van der Waals surface area contributed by atoms with Crippen molar-refractivity contribution in [2.45, 2.75) is 30.7 Å². The summed E-state index contributed by atoms with van der Waals surface area (Å²) < 4.78 is 0. The monoisotopic (exact) mass is 333 g/mol. The highest BCUT2D eigenvalue weighted by atomic mass is 32.2. The summed E-state index contributed by atoms with van der Waals surface area (Å²) >= 11 is 1.49. The molecule has 0 unspecified atom stereocenters. The fraction of sp³-hybridized carbons (Fsp3) is 0.588. The number of hydrogen-bond donors (Lipinski definition) is 0. The maximum atomic E-state index is 12.8. The zero-order valence-electron chi connectivity index (χ0n) is 13.5. The molecule has 0 aromatic carbocycles. The molecule has 2 fully saturated rings. The first-order chi connectivity index (χ1) is 11.2. The second-order valence-corrected chi connectivity index (χ2v) is 6.95. The summed E-state index contributed by atoms with van der Waals surface area (Å²) in [7, 11) is 0. The van der Waals surface area contributed by atoms with Crippen LogP contribution in [-0.2, 0) is 4.79 Å². The van der Waals surface area contributed by atoms with Crippen molar-refractivity contribution >= 4 is 23.6 Å². The van der Waals surface area contributed by atoms with Gasteiger partial charge in [0, 0.05) is 38.3 Å². The molecule has 0 N–H and O–H groups in total. The summed E-state index contributed by atoms with van der Waals surface area (Å²) in [5.41, 5.74) is 0.666. The van der Waals surface area contributed by atoms with Crippen LogP contribution in [0.2, 0.25) is 0 Å². The summed E-state index contributed by atoms with van der Waals surface area (Å²) in [5.74, 6) is 0.552. The first-order valence-electron chi connectivity index (χ1n) is 8.28. The number of carbonyl (C=O) groups is 2. The van der Waals surface area contributed by atoms with Crippen LogP contribution in [0.25, 0.3) is 0 Å². The lowest BCUT2D eigenvalue weighted by molar-refractivity contribution is -0.138. The molecular formula is C17H23N3O2S. The van der Waals surface area contributed by atoms with Crippen LogP contribution in [0.4, 0.5) is 0 Å². The SMILES string of the molecule is CSc1ncccc1C(=O)N1CCCN(C(=O)C2CCC2)CC1. The Morgan fingerprint density at radius 1 is 1.13 bits per heavy atom. The van der Waals surface area contributed by atoms with Gasteiger partial charge in [-0.1, -0.05) is 6.42 Å². The zero-order valence-corrected chi connectivity index (χ0v) is 14.3. The van der Waals surface area contributed by atoms with Gasteiger partial charge in [-0.15, -0.1) is 11.8 Å². The highest BCUT2D eigenvalue weighted by Gasteiger charge is 2.31. The molecule has 2 amide bonds. The molecule has 0 radical (unpaired) electrons. The minimum Gasteiger partial charge on any atom is -0.341 e. The van der Waals surface area contributed by atoms with E-state index in [1.54, 1.807) is 12.3 Å². The smallest absolute Gasteiger partial charge is 0.256 e. The molecule has 1 aliphatic carbocycles. The first kappa shape index (κ1) is 16.3. The van der Waals surface area contributed by atoms with Crippen molar-refractivity contribution in [1.29, 1.82) is 0 Å². The molecule has 1 aromatic rings. The molecule has 6 heteroatoms. The van der Waals surface area contributed by atoms with Crippen LogP contribution in [0.5, 0.6) is 0 Å². The van der Waals surface area contributed by atoms with E-state index in [1.165, 1.54) is 18.2 Å². The predicted octanol–water partition coefficient (Wildman–Crippen LogP) is 2.28. The highest BCUT2D eigenvalue weighted by molar-refractivity contribution is 7.98. The van der Waals surface area contributed by atoms with Crippen molar-refractivity contribution in [3.8, 4) is 0 Å². The van der Waals surface area contributed by atoms with E-state index < -0.39 is 0 Å². The molecule has 5 nitrogen and oxygen atoms in total.